The van der Waals surface area contributed by atoms with Gasteiger partial charge in [-0.2, -0.15) is 0 Å². The minimum absolute atomic E-state index is 0. The molecular weight excluding hydrogens is 369 g/mol. The smallest absolute Gasteiger partial charge is 0.292 e. The molecule has 0 spiro atoms. The molecule has 144 valence electrons. The van der Waals surface area contributed by atoms with Crippen molar-refractivity contribution in [3.63, 3.8) is 0 Å². The number of carbonyl (C=O) groups excluding carboxylic acids is 1. The number of benzene rings is 1. The Bertz CT molecular complexity index is 856. The molecule has 2 fully saturated rings. The number of nitrogens with zero attached hydrogens (tertiary/aromatic N) is 4. The van der Waals surface area contributed by atoms with Gasteiger partial charge in [-0.25, -0.2) is 4.39 Å². The molecule has 2 saturated heterocycles. The molecular formula is C19H23ClFN5O. The Morgan fingerprint density at radius 1 is 1.22 bits per heavy atom. The molecule has 0 aliphatic carbocycles. The molecule has 0 bridgehead atoms. The summed E-state index contributed by atoms with van der Waals surface area (Å²) in [4.78, 5) is 15.3. The third-order valence-electron chi connectivity index (χ3n) is 6.07. The van der Waals surface area contributed by atoms with Crippen LogP contribution < -0.4 is 5.32 Å². The van der Waals surface area contributed by atoms with E-state index >= 15 is 0 Å². The molecule has 0 saturated carbocycles. The molecule has 1 aromatic heterocycles. The first-order valence-electron chi connectivity index (χ1n) is 9.41. The van der Waals surface area contributed by atoms with Gasteiger partial charge in [-0.3, -0.25) is 4.79 Å². The van der Waals surface area contributed by atoms with Gasteiger partial charge in [-0.1, -0.05) is 12.1 Å². The molecule has 4 heterocycles. The maximum Gasteiger partial charge on any atom is 0.292 e. The van der Waals surface area contributed by atoms with Crippen LogP contribution in [0.25, 0.3) is 0 Å². The summed E-state index contributed by atoms with van der Waals surface area (Å²) in [5.41, 5.74) is 0.868. The quantitative estimate of drug-likeness (QED) is 0.852. The first-order chi connectivity index (χ1) is 12.7. The van der Waals surface area contributed by atoms with Crippen molar-refractivity contribution in [2.24, 2.45) is 11.8 Å². The lowest BCUT2D eigenvalue weighted by molar-refractivity contribution is 0.0694. The van der Waals surface area contributed by atoms with E-state index in [4.69, 9.17) is 0 Å². The Balaban J connectivity index is 0.00000180. The van der Waals surface area contributed by atoms with E-state index in [9.17, 15) is 9.18 Å². The van der Waals surface area contributed by atoms with Gasteiger partial charge in [-0.05, 0) is 36.5 Å². The van der Waals surface area contributed by atoms with Crippen molar-refractivity contribution in [2.45, 2.75) is 31.8 Å². The Morgan fingerprint density at radius 2 is 2.11 bits per heavy atom. The van der Waals surface area contributed by atoms with Crippen LogP contribution in [0, 0.1) is 17.7 Å². The van der Waals surface area contributed by atoms with Crippen molar-refractivity contribution in [3.8, 4) is 0 Å². The Kier molecular flexibility index (Phi) is 4.90. The number of fused-ring (bicyclic) bond motifs is 2. The molecule has 0 unspecified atom stereocenters. The van der Waals surface area contributed by atoms with Crippen molar-refractivity contribution in [2.75, 3.05) is 19.6 Å². The van der Waals surface area contributed by atoms with Crippen LogP contribution in [0.5, 0.6) is 0 Å². The predicted molar refractivity (Wildman–Crippen MR) is 100 cm³/mol. The standard InChI is InChI=1S/C19H22FN5O.ClH/c20-14-5-3-4-12(8-14)17-15-10-21-9-13(15)11-25(17)19(26)18-23-22-16-6-1-2-7-24(16)18;/h3-5,8,13,15,17,21H,1-2,6-7,9-11H2;1H/t13-,15-,17+;/m0./s1. The lowest BCUT2D eigenvalue weighted by atomic mass is 9.89. The first-order valence-corrected chi connectivity index (χ1v) is 9.41. The number of aromatic nitrogens is 3. The van der Waals surface area contributed by atoms with E-state index in [-0.39, 0.29) is 30.2 Å². The van der Waals surface area contributed by atoms with Crippen LogP contribution in [0.15, 0.2) is 24.3 Å². The van der Waals surface area contributed by atoms with Crippen molar-refractivity contribution in [3.05, 3.63) is 47.3 Å². The highest BCUT2D eigenvalue weighted by atomic mass is 35.5. The number of halogens is 2. The van der Waals surface area contributed by atoms with E-state index in [1.165, 1.54) is 6.07 Å². The molecule has 5 rings (SSSR count). The van der Waals surface area contributed by atoms with Crippen molar-refractivity contribution >= 4 is 18.3 Å². The highest BCUT2D eigenvalue weighted by Gasteiger charge is 2.47. The normalized spacial score (nSPS) is 26.4. The first kappa shape index (κ1) is 18.4. The molecule has 3 atom stereocenters. The second-order valence-electron chi connectivity index (χ2n) is 7.59. The lowest BCUT2D eigenvalue weighted by Crippen LogP contribution is -2.36. The molecule has 3 aliphatic heterocycles. The zero-order valence-corrected chi connectivity index (χ0v) is 15.8. The van der Waals surface area contributed by atoms with Crippen LogP contribution >= 0.6 is 12.4 Å². The summed E-state index contributed by atoms with van der Waals surface area (Å²) in [6, 6.07) is 6.54. The zero-order chi connectivity index (χ0) is 17.7. The third-order valence-corrected chi connectivity index (χ3v) is 6.07. The SMILES string of the molecule is Cl.O=C(c1nnc2n1CCCC2)N1C[C@@H]2CNC[C@@H]2[C@H]1c1cccc(F)c1. The van der Waals surface area contributed by atoms with Crippen LogP contribution in [-0.4, -0.2) is 45.2 Å². The fraction of sp³-hybridized carbons (Fsp3) is 0.526. The second kappa shape index (κ2) is 7.20. The van der Waals surface area contributed by atoms with Gasteiger partial charge in [0, 0.05) is 38.5 Å². The van der Waals surface area contributed by atoms with Crippen LogP contribution in [0.1, 0.15) is 40.9 Å². The minimum Gasteiger partial charge on any atom is -0.328 e. The summed E-state index contributed by atoms with van der Waals surface area (Å²) >= 11 is 0. The number of hydrogen-bond donors (Lipinski definition) is 1. The number of amides is 1. The molecule has 27 heavy (non-hydrogen) atoms. The highest BCUT2D eigenvalue weighted by Crippen LogP contribution is 2.43. The van der Waals surface area contributed by atoms with Crippen molar-refractivity contribution < 1.29 is 9.18 Å². The van der Waals surface area contributed by atoms with E-state index in [1.807, 2.05) is 15.5 Å². The number of rotatable bonds is 2. The van der Waals surface area contributed by atoms with Crippen LogP contribution in [0.2, 0.25) is 0 Å². The van der Waals surface area contributed by atoms with E-state index in [2.05, 4.69) is 15.5 Å². The summed E-state index contributed by atoms with van der Waals surface area (Å²) in [6.07, 6.45) is 3.02. The molecule has 0 radical (unpaired) electrons. The monoisotopic (exact) mass is 391 g/mol. The molecule has 1 aromatic carbocycles. The number of hydrogen-bond acceptors (Lipinski definition) is 4. The van der Waals surface area contributed by atoms with Gasteiger partial charge >= 0.3 is 0 Å². The molecule has 1 amide bonds. The minimum atomic E-state index is -0.260. The number of nitrogens with one attached hydrogen (secondary N) is 1. The fourth-order valence-electron chi connectivity index (χ4n) is 4.84. The zero-order valence-electron chi connectivity index (χ0n) is 15.0. The van der Waals surface area contributed by atoms with Gasteiger partial charge in [0.1, 0.15) is 11.6 Å². The van der Waals surface area contributed by atoms with Crippen LogP contribution in [0.3, 0.4) is 0 Å². The maximum absolute atomic E-state index is 13.8. The largest absolute Gasteiger partial charge is 0.328 e. The Hall–Kier alpha value is -1.99. The van der Waals surface area contributed by atoms with Crippen molar-refractivity contribution in [1.82, 2.24) is 25.0 Å². The Morgan fingerprint density at radius 3 is 2.96 bits per heavy atom. The second-order valence-corrected chi connectivity index (χ2v) is 7.59. The summed E-state index contributed by atoms with van der Waals surface area (Å²) in [5.74, 6) is 1.72. The third kappa shape index (κ3) is 3.02. The van der Waals surface area contributed by atoms with Gasteiger partial charge in [0.2, 0.25) is 5.82 Å². The molecule has 3 aliphatic rings. The molecule has 1 N–H and O–H groups in total. The lowest BCUT2D eigenvalue weighted by Gasteiger charge is -2.28. The molecule has 2 aromatic rings. The predicted octanol–water partition coefficient (Wildman–Crippen LogP) is 2.21. The van der Waals surface area contributed by atoms with Gasteiger partial charge < -0.3 is 14.8 Å². The van der Waals surface area contributed by atoms with Gasteiger partial charge in [0.15, 0.2) is 0 Å². The summed E-state index contributed by atoms with van der Waals surface area (Å²) in [6.45, 7) is 3.24. The topological polar surface area (TPSA) is 63.1 Å². The number of aryl methyl sites for hydroxylation is 1. The average Bonchev–Trinajstić information content (AvgIpc) is 3.34. The maximum atomic E-state index is 13.8. The van der Waals surface area contributed by atoms with E-state index in [0.717, 1.165) is 50.3 Å². The molecule has 6 nitrogen and oxygen atoms in total. The highest BCUT2D eigenvalue weighted by molar-refractivity contribution is 5.91. The average molecular weight is 392 g/mol. The summed E-state index contributed by atoms with van der Waals surface area (Å²) < 4.78 is 15.8. The van der Waals surface area contributed by atoms with Crippen LogP contribution in [0.4, 0.5) is 4.39 Å². The van der Waals surface area contributed by atoms with Gasteiger partial charge in [-0.15, -0.1) is 22.6 Å². The van der Waals surface area contributed by atoms with Crippen LogP contribution in [-0.2, 0) is 13.0 Å². The van der Waals surface area contributed by atoms with Crippen molar-refractivity contribution in [1.29, 1.82) is 0 Å². The summed E-state index contributed by atoms with van der Waals surface area (Å²) in [5, 5.41) is 11.9. The number of carbonyl (C=O) groups is 1. The van der Waals surface area contributed by atoms with E-state index in [0.29, 0.717) is 24.2 Å². The number of likely N-dealkylation sites (tertiary alicyclic amines) is 1. The van der Waals surface area contributed by atoms with Gasteiger partial charge in [0.05, 0.1) is 6.04 Å². The fourth-order valence-corrected chi connectivity index (χ4v) is 4.84. The van der Waals surface area contributed by atoms with E-state index < -0.39 is 0 Å². The Labute approximate surface area is 163 Å². The molecule has 8 heteroatoms. The van der Waals surface area contributed by atoms with E-state index in [1.54, 1.807) is 12.1 Å². The summed E-state index contributed by atoms with van der Waals surface area (Å²) in [7, 11) is 0. The van der Waals surface area contributed by atoms with Gasteiger partial charge in [0.25, 0.3) is 5.91 Å².